The van der Waals surface area contributed by atoms with Crippen molar-refractivity contribution < 1.29 is 8.83 Å². The largest absolute Gasteiger partial charge is 0.452 e. The maximum Gasteiger partial charge on any atom is 0.368 e. The average molecular weight is 163 g/mol. The first kappa shape index (κ1) is 7.35. The molecule has 2 heterocycles. The van der Waals surface area contributed by atoms with Crippen LogP contribution in [0.25, 0.3) is 11.0 Å². The average Bonchev–Trinajstić information content (AvgIpc) is 2.29. The molecule has 0 aliphatic rings. The van der Waals surface area contributed by atoms with Crippen molar-refractivity contribution in [3.8, 4) is 0 Å². The van der Waals surface area contributed by atoms with Crippen LogP contribution in [-0.4, -0.2) is 0 Å². The van der Waals surface area contributed by atoms with Gasteiger partial charge in [-0.15, -0.1) is 0 Å². The van der Waals surface area contributed by atoms with E-state index in [4.69, 9.17) is 8.83 Å². The lowest BCUT2D eigenvalue weighted by Gasteiger charge is -1.83. The minimum Gasteiger partial charge on any atom is -0.452 e. The Morgan fingerprint density at radius 2 is 1.92 bits per heavy atom. The summed E-state index contributed by atoms with van der Waals surface area (Å²) in [5.41, 5.74) is 0.859. The summed E-state index contributed by atoms with van der Waals surface area (Å²) in [5, 5.41) is 1.12. The fourth-order valence-corrected chi connectivity index (χ4v) is 1.45. The Kier molecular flexibility index (Phi) is 1.43. The predicted molar refractivity (Wildman–Crippen MR) is 47.1 cm³/mol. The van der Waals surface area contributed by atoms with Crippen LogP contribution in [-0.2, 0) is 0 Å². The third-order valence-electron chi connectivity index (χ3n) is 1.88. The molecule has 0 unspecified atom stereocenters. The van der Waals surface area contributed by atoms with E-state index < -0.39 is 0 Å². The second-order valence-corrected chi connectivity index (χ2v) is 3.05. The third kappa shape index (κ3) is 0.998. The number of furan rings is 1. The molecular formula is C10H11O2+. The van der Waals surface area contributed by atoms with Crippen molar-refractivity contribution in [2.75, 3.05) is 0 Å². The van der Waals surface area contributed by atoms with E-state index in [2.05, 4.69) is 0 Å². The van der Waals surface area contributed by atoms with Gasteiger partial charge >= 0.3 is 11.5 Å². The molecule has 0 atom stereocenters. The summed E-state index contributed by atoms with van der Waals surface area (Å²) in [5.74, 6) is 2.69. The topological polar surface area (TPSA) is 24.4 Å². The van der Waals surface area contributed by atoms with Crippen molar-refractivity contribution in [3.05, 3.63) is 29.4 Å². The standard InChI is InChI=1S/C10H11O2/c1-6-4-9-5-7(2)12-10(9)8(3)11-6/h4-5H,1-3H3/q+1. The van der Waals surface area contributed by atoms with Crippen LogP contribution >= 0.6 is 0 Å². The smallest absolute Gasteiger partial charge is 0.368 e. The molecular weight excluding hydrogens is 152 g/mol. The number of hydrogen-bond acceptors (Lipinski definition) is 1. The summed E-state index contributed by atoms with van der Waals surface area (Å²) >= 11 is 0. The molecule has 2 aromatic heterocycles. The summed E-state index contributed by atoms with van der Waals surface area (Å²) in [7, 11) is 0. The van der Waals surface area contributed by atoms with E-state index in [0.717, 1.165) is 28.2 Å². The Hall–Kier alpha value is -1.31. The Balaban J connectivity index is 2.88. The van der Waals surface area contributed by atoms with E-state index in [1.807, 2.05) is 32.9 Å². The van der Waals surface area contributed by atoms with Crippen LogP contribution in [0.4, 0.5) is 0 Å². The van der Waals surface area contributed by atoms with Gasteiger partial charge in [0.2, 0.25) is 5.58 Å². The lowest BCUT2D eigenvalue weighted by molar-refractivity contribution is 0.472. The van der Waals surface area contributed by atoms with Gasteiger partial charge in [-0.2, -0.15) is 0 Å². The zero-order valence-corrected chi connectivity index (χ0v) is 7.47. The number of rotatable bonds is 0. The quantitative estimate of drug-likeness (QED) is 0.557. The lowest BCUT2D eigenvalue weighted by atomic mass is 10.2. The van der Waals surface area contributed by atoms with E-state index in [-0.39, 0.29) is 0 Å². The van der Waals surface area contributed by atoms with E-state index in [1.54, 1.807) is 0 Å². The molecule has 0 saturated carbocycles. The van der Waals surface area contributed by atoms with E-state index in [1.165, 1.54) is 0 Å². The SMILES string of the molecule is Cc1cc2cc(C)[o+]c(C)c2o1. The minimum absolute atomic E-state index is 0.845. The maximum atomic E-state index is 5.46. The molecule has 2 aromatic rings. The molecule has 2 rings (SSSR count). The molecule has 0 N–H and O–H groups in total. The second kappa shape index (κ2) is 2.34. The van der Waals surface area contributed by atoms with Crippen molar-refractivity contribution >= 4 is 11.0 Å². The molecule has 0 aliphatic heterocycles. The van der Waals surface area contributed by atoms with Gasteiger partial charge in [-0.25, -0.2) is 4.42 Å². The third-order valence-corrected chi connectivity index (χ3v) is 1.88. The van der Waals surface area contributed by atoms with Crippen LogP contribution in [0.1, 0.15) is 17.3 Å². The highest BCUT2D eigenvalue weighted by atomic mass is 16.4. The van der Waals surface area contributed by atoms with Crippen molar-refractivity contribution in [1.82, 2.24) is 0 Å². The molecule has 2 heteroatoms. The fraction of sp³-hybridized carbons (Fsp3) is 0.300. The molecule has 0 radical (unpaired) electrons. The molecule has 0 bridgehead atoms. The number of fused-ring (bicyclic) bond motifs is 1. The van der Waals surface area contributed by atoms with E-state index in [9.17, 15) is 0 Å². The van der Waals surface area contributed by atoms with E-state index >= 15 is 0 Å². The van der Waals surface area contributed by atoms with Gasteiger partial charge in [-0.05, 0) is 13.0 Å². The predicted octanol–water partition coefficient (Wildman–Crippen LogP) is 3.23. The molecule has 0 saturated heterocycles. The van der Waals surface area contributed by atoms with Crippen LogP contribution < -0.4 is 0 Å². The number of hydrogen-bond donors (Lipinski definition) is 0. The van der Waals surface area contributed by atoms with Crippen LogP contribution in [0.2, 0.25) is 0 Å². The van der Waals surface area contributed by atoms with Gasteiger partial charge in [0.1, 0.15) is 5.76 Å². The summed E-state index contributed by atoms with van der Waals surface area (Å²) in [4.78, 5) is 0. The highest BCUT2D eigenvalue weighted by molar-refractivity contribution is 5.79. The van der Waals surface area contributed by atoms with Gasteiger partial charge in [-0.1, -0.05) is 0 Å². The molecule has 0 aromatic carbocycles. The Morgan fingerprint density at radius 3 is 2.67 bits per heavy atom. The molecule has 0 amide bonds. The van der Waals surface area contributed by atoms with E-state index in [0.29, 0.717) is 0 Å². The minimum atomic E-state index is 0.845. The van der Waals surface area contributed by atoms with Crippen molar-refractivity contribution in [3.63, 3.8) is 0 Å². The van der Waals surface area contributed by atoms with Gasteiger partial charge in [0.05, 0.1) is 13.8 Å². The number of aryl methyl sites for hydroxylation is 3. The highest BCUT2D eigenvalue weighted by Gasteiger charge is 2.15. The van der Waals surface area contributed by atoms with Crippen molar-refractivity contribution in [1.29, 1.82) is 0 Å². The molecule has 0 fully saturated rings. The lowest BCUT2D eigenvalue weighted by Crippen LogP contribution is -1.76. The summed E-state index contributed by atoms with van der Waals surface area (Å²) in [6, 6.07) is 4.00. The molecule has 0 aliphatic carbocycles. The monoisotopic (exact) mass is 163 g/mol. The fourth-order valence-electron chi connectivity index (χ4n) is 1.45. The molecule has 0 spiro atoms. The van der Waals surface area contributed by atoms with Gasteiger partial charge in [0.25, 0.3) is 0 Å². The van der Waals surface area contributed by atoms with Crippen LogP contribution in [0.3, 0.4) is 0 Å². The maximum absolute atomic E-state index is 5.46. The van der Waals surface area contributed by atoms with Gasteiger partial charge < -0.3 is 4.42 Å². The first-order valence-corrected chi connectivity index (χ1v) is 3.97. The first-order chi connectivity index (χ1) is 5.66. The summed E-state index contributed by atoms with van der Waals surface area (Å²) in [6.07, 6.45) is 0. The zero-order valence-electron chi connectivity index (χ0n) is 7.47. The summed E-state index contributed by atoms with van der Waals surface area (Å²) < 4.78 is 10.9. The first-order valence-electron chi connectivity index (χ1n) is 3.97. The van der Waals surface area contributed by atoms with Crippen molar-refractivity contribution in [2.45, 2.75) is 20.8 Å². The van der Waals surface area contributed by atoms with Crippen LogP contribution in [0.5, 0.6) is 0 Å². The Morgan fingerprint density at radius 1 is 1.17 bits per heavy atom. The highest BCUT2D eigenvalue weighted by Crippen LogP contribution is 2.23. The Bertz CT molecular complexity index is 427. The molecule has 62 valence electrons. The van der Waals surface area contributed by atoms with Crippen molar-refractivity contribution in [2.24, 2.45) is 0 Å². The van der Waals surface area contributed by atoms with Gasteiger partial charge in [0.15, 0.2) is 0 Å². The zero-order chi connectivity index (χ0) is 8.72. The normalized spacial score (nSPS) is 10.9. The van der Waals surface area contributed by atoms with Gasteiger partial charge in [0, 0.05) is 11.5 Å². The van der Waals surface area contributed by atoms with Crippen LogP contribution in [0, 0.1) is 20.8 Å². The van der Waals surface area contributed by atoms with Crippen LogP contribution in [0.15, 0.2) is 21.0 Å². The summed E-state index contributed by atoms with van der Waals surface area (Å²) in [6.45, 7) is 5.79. The second-order valence-electron chi connectivity index (χ2n) is 3.05. The molecule has 2 nitrogen and oxygen atoms in total. The van der Waals surface area contributed by atoms with Gasteiger partial charge in [-0.3, -0.25) is 0 Å². The Labute approximate surface area is 70.8 Å². The molecule has 12 heavy (non-hydrogen) atoms.